The fraction of sp³-hybridized carbons (Fsp3) is 0.500. The quantitative estimate of drug-likeness (QED) is 0.875. The molecule has 0 aliphatic carbocycles. The topological polar surface area (TPSA) is 60.9 Å². The minimum atomic E-state index is -1.03. The van der Waals surface area contributed by atoms with Gasteiger partial charge in [-0.3, -0.25) is 4.90 Å². The summed E-state index contributed by atoms with van der Waals surface area (Å²) in [6, 6.07) is 6.37. The van der Waals surface area contributed by atoms with E-state index in [1.165, 1.54) is 11.0 Å². The Labute approximate surface area is 126 Å². The summed E-state index contributed by atoms with van der Waals surface area (Å²) in [7, 11) is 1.61. The van der Waals surface area contributed by atoms with Gasteiger partial charge in [-0.1, -0.05) is 32.4 Å². The third-order valence-corrected chi connectivity index (χ3v) is 3.66. The second kappa shape index (κ2) is 7.67. The van der Waals surface area contributed by atoms with Crippen molar-refractivity contribution in [2.75, 3.05) is 25.0 Å². The Kier molecular flexibility index (Phi) is 6.21. The Hall–Kier alpha value is -2.04. The second-order valence-corrected chi connectivity index (χ2v) is 5.22. The molecule has 1 aromatic carbocycles. The largest absolute Gasteiger partial charge is 0.478 e. The number of aromatic carboxylic acids is 1. The highest BCUT2D eigenvalue weighted by Gasteiger charge is 2.22. The van der Waals surface area contributed by atoms with Crippen molar-refractivity contribution in [2.45, 2.75) is 27.2 Å². The van der Waals surface area contributed by atoms with Crippen LogP contribution in [0.2, 0.25) is 0 Å². The van der Waals surface area contributed by atoms with Crippen molar-refractivity contribution in [1.29, 1.82) is 0 Å². The molecule has 5 nitrogen and oxygen atoms in total. The molecule has 0 bridgehead atoms. The monoisotopic (exact) mass is 292 g/mol. The van der Waals surface area contributed by atoms with Gasteiger partial charge in [-0.25, -0.2) is 9.59 Å². The van der Waals surface area contributed by atoms with Gasteiger partial charge in [0.05, 0.1) is 11.3 Å². The highest BCUT2D eigenvalue weighted by atomic mass is 16.4. The molecule has 1 unspecified atom stereocenters. The first-order valence-corrected chi connectivity index (χ1v) is 7.27. The molecular weight excluding hydrogens is 268 g/mol. The number of nitrogens with zero attached hydrogens (tertiary/aromatic N) is 2. The third-order valence-electron chi connectivity index (χ3n) is 3.66. The van der Waals surface area contributed by atoms with Gasteiger partial charge in [-0.15, -0.1) is 0 Å². The van der Waals surface area contributed by atoms with Crippen molar-refractivity contribution in [1.82, 2.24) is 4.90 Å². The highest BCUT2D eigenvalue weighted by Crippen LogP contribution is 2.21. The van der Waals surface area contributed by atoms with Gasteiger partial charge in [0.2, 0.25) is 0 Å². The lowest BCUT2D eigenvalue weighted by Gasteiger charge is -2.29. The van der Waals surface area contributed by atoms with Crippen LogP contribution in [0.5, 0.6) is 0 Å². The molecule has 1 aromatic rings. The van der Waals surface area contributed by atoms with E-state index in [9.17, 15) is 14.7 Å². The number of para-hydroxylation sites is 1. The maximum atomic E-state index is 12.6. The van der Waals surface area contributed by atoms with E-state index in [1.54, 1.807) is 30.1 Å². The van der Waals surface area contributed by atoms with Crippen LogP contribution in [-0.2, 0) is 0 Å². The standard InChI is InChI=1S/C16H24N2O3/c1-5-12(3)11-18(6-2)16(21)17(4)14-10-8-7-9-13(14)15(19)20/h7-10,12H,5-6,11H2,1-4H3,(H,19,20). The van der Waals surface area contributed by atoms with E-state index in [0.29, 0.717) is 24.7 Å². The molecule has 0 fully saturated rings. The normalized spacial score (nSPS) is 11.8. The number of rotatable bonds is 6. The lowest BCUT2D eigenvalue weighted by Crippen LogP contribution is -2.43. The molecule has 0 aliphatic heterocycles. The van der Waals surface area contributed by atoms with E-state index in [-0.39, 0.29) is 11.6 Å². The maximum Gasteiger partial charge on any atom is 0.337 e. The van der Waals surface area contributed by atoms with Gasteiger partial charge in [0.15, 0.2) is 0 Å². The molecule has 0 saturated heterocycles. The van der Waals surface area contributed by atoms with E-state index in [4.69, 9.17) is 0 Å². The van der Waals surface area contributed by atoms with E-state index < -0.39 is 5.97 Å². The van der Waals surface area contributed by atoms with Crippen LogP contribution < -0.4 is 4.90 Å². The number of carboxylic acids is 1. The van der Waals surface area contributed by atoms with Gasteiger partial charge in [0.25, 0.3) is 0 Å². The predicted octanol–water partition coefficient (Wildman–Crippen LogP) is 3.31. The number of carbonyl (C=O) groups is 2. The summed E-state index contributed by atoms with van der Waals surface area (Å²) in [6.45, 7) is 7.39. The second-order valence-electron chi connectivity index (χ2n) is 5.22. The lowest BCUT2D eigenvalue weighted by molar-refractivity contribution is 0.0697. The minimum absolute atomic E-state index is 0.132. The van der Waals surface area contributed by atoms with E-state index in [2.05, 4.69) is 13.8 Å². The molecule has 1 rings (SSSR count). The Morgan fingerprint density at radius 1 is 1.24 bits per heavy atom. The number of anilines is 1. The number of carbonyl (C=O) groups excluding carboxylic acids is 1. The van der Waals surface area contributed by atoms with Crippen LogP contribution in [0.15, 0.2) is 24.3 Å². The lowest BCUT2D eigenvalue weighted by atomic mass is 10.1. The van der Waals surface area contributed by atoms with Crippen molar-refractivity contribution in [3.8, 4) is 0 Å². The molecule has 1 atom stereocenters. The first-order chi connectivity index (χ1) is 9.92. The van der Waals surface area contributed by atoms with Gasteiger partial charge < -0.3 is 10.0 Å². The summed E-state index contributed by atoms with van der Waals surface area (Å²) in [4.78, 5) is 27.0. The number of urea groups is 1. The van der Waals surface area contributed by atoms with Crippen LogP contribution in [0.1, 0.15) is 37.6 Å². The fourth-order valence-corrected chi connectivity index (χ4v) is 2.11. The number of amides is 2. The van der Waals surface area contributed by atoms with Gasteiger partial charge in [0.1, 0.15) is 0 Å². The zero-order valence-electron chi connectivity index (χ0n) is 13.2. The Morgan fingerprint density at radius 2 is 1.86 bits per heavy atom. The smallest absolute Gasteiger partial charge is 0.337 e. The van der Waals surface area contributed by atoms with Gasteiger partial charge >= 0.3 is 12.0 Å². The average Bonchev–Trinajstić information content (AvgIpc) is 2.50. The van der Waals surface area contributed by atoms with Gasteiger partial charge in [0, 0.05) is 20.1 Å². The predicted molar refractivity (Wildman–Crippen MR) is 83.9 cm³/mol. The average molecular weight is 292 g/mol. The van der Waals surface area contributed by atoms with Crippen LogP contribution in [-0.4, -0.2) is 42.1 Å². The maximum absolute atomic E-state index is 12.6. The number of benzene rings is 1. The molecule has 5 heteroatoms. The Morgan fingerprint density at radius 3 is 2.38 bits per heavy atom. The van der Waals surface area contributed by atoms with Crippen molar-refractivity contribution in [2.24, 2.45) is 5.92 Å². The van der Waals surface area contributed by atoms with Crippen LogP contribution >= 0.6 is 0 Å². The summed E-state index contributed by atoms with van der Waals surface area (Å²) < 4.78 is 0. The van der Waals surface area contributed by atoms with Crippen LogP contribution in [0.3, 0.4) is 0 Å². The van der Waals surface area contributed by atoms with Crippen LogP contribution in [0, 0.1) is 5.92 Å². The zero-order valence-corrected chi connectivity index (χ0v) is 13.2. The summed E-state index contributed by atoms with van der Waals surface area (Å²) in [6.07, 6.45) is 0.999. The number of hydrogen-bond acceptors (Lipinski definition) is 2. The van der Waals surface area contributed by atoms with Crippen molar-refractivity contribution < 1.29 is 14.7 Å². The van der Waals surface area contributed by atoms with E-state index >= 15 is 0 Å². The molecular formula is C16H24N2O3. The van der Waals surface area contributed by atoms with Crippen molar-refractivity contribution >= 4 is 17.7 Å². The van der Waals surface area contributed by atoms with Crippen LogP contribution in [0.25, 0.3) is 0 Å². The van der Waals surface area contributed by atoms with E-state index in [1.807, 2.05) is 6.92 Å². The summed E-state index contributed by atoms with van der Waals surface area (Å²) in [5.74, 6) is -0.618. The summed E-state index contributed by atoms with van der Waals surface area (Å²) in [5, 5.41) is 9.22. The van der Waals surface area contributed by atoms with Crippen molar-refractivity contribution in [3.63, 3.8) is 0 Å². The first-order valence-electron chi connectivity index (χ1n) is 7.27. The van der Waals surface area contributed by atoms with Gasteiger partial charge in [-0.05, 0) is 25.0 Å². The molecule has 0 aromatic heterocycles. The first kappa shape index (κ1) is 17.0. The Bertz CT molecular complexity index is 502. The summed E-state index contributed by atoms with van der Waals surface area (Å²) >= 11 is 0. The molecule has 0 heterocycles. The fourth-order valence-electron chi connectivity index (χ4n) is 2.11. The van der Waals surface area contributed by atoms with Gasteiger partial charge in [-0.2, -0.15) is 0 Å². The Balaban J connectivity index is 2.98. The molecule has 0 saturated carbocycles. The molecule has 2 amide bonds. The number of hydrogen-bond donors (Lipinski definition) is 1. The molecule has 0 radical (unpaired) electrons. The minimum Gasteiger partial charge on any atom is -0.478 e. The zero-order chi connectivity index (χ0) is 16.0. The van der Waals surface area contributed by atoms with E-state index in [0.717, 1.165) is 6.42 Å². The third kappa shape index (κ3) is 4.21. The SMILES string of the molecule is CCC(C)CN(CC)C(=O)N(C)c1ccccc1C(=O)O. The summed E-state index contributed by atoms with van der Waals surface area (Å²) in [5.41, 5.74) is 0.547. The highest BCUT2D eigenvalue weighted by molar-refractivity contribution is 6.01. The molecule has 21 heavy (non-hydrogen) atoms. The molecule has 0 aliphatic rings. The van der Waals surface area contributed by atoms with Crippen LogP contribution in [0.4, 0.5) is 10.5 Å². The van der Waals surface area contributed by atoms with Crippen molar-refractivity contribution in [3.05, 3.63) is 29.8 Å². The molecule has 1 N–H and O–H groups in total. The molecule has 116 valence electrons. The number of carboxylic acid groups (broad SMARTS) is 1. The molecule has 0 spiro atoms.